The van der Waals surface area contributed by atoms with Crippen LogP contribution >= 0.6 is 12.2 Å². The summed E-state index contributed by atoms with van der Waals surface area (Å²) >= 11 is 4.50. The van der Waals surface area contributed by atoms with Crippen LogP contribution in [0.3, 0.4) is 0 Å². The van der Waals surface area contributed by atoms with Gasteiger partial charge in [-0.15, -0.1) is 0 Å². The van der Waals surface area contributed by atoms with E-state index < -0.39 is 11.7 Å². The number of ether oxygens (including phenoxy) is 1. The fraction of sp³-hybridized carbons (Fsp3) is 0.600. The number of nitrogens with two attached hydrogens (primary N) is 1. The van der Waals surface area contributed by atoms with Crippen molar-refractivity contribution < 1.29 is 14.6 Å². The van der Waals surface area contributed by atoms with Crippen molar-refractivity contribution in [3.63, 3.8) is 0 Å². The quantitative estimate of drug-likeness (QED) is 0.446. The number of carbonyl (C=O) groups is 1. The molecule has 0 aliphatic heterocycles. The van der Waals surface area contributed by atoms with E-state index in [1.54, 1.807) is 0 Å². The third-order valence-corrected chi connectivity index (χ3v) is 0.864. The molecule has 0 bridgehead atoms. The summed E-state index contributed by atoms with van der Waals surface area (Å²) in [4.78, 5) is 10.2. The number of carboxylic acid groups (broad SMARTS) is 1. The summed E-state index contributed by atoms with van der Waals surface area (Å²) in [6, 6.07) is 0. The van der Waals surface area contributed by atoms with Gasteiger partial charge in [0.2, 0.25) is 0 Å². The summed E-state index contributed by atoms with van der Waals surface area (Å²) in [5.41, 5.74) is 3.45. The predicted octanol–water partition coefficient (Wildman–Crippen LogP) is 0.110. The zero-order chi connectivity index (χ0) is 8.36. The molecule has 0 amide bonds. The molecule has 0 saturated heterocycles. The number of hydrogen-bond acceptors (Lipinski definition) is 4. The maximum Gasteiger partial charge on any atom is 0.363 e. The van der Waals surface area contributed by atoms with Gasteiger partial charge in [0.25, 0.3) is 5.72 Å². The largest absolute Gasteiger partial charge is 0.477 e. The zero-order valence-corrected chi connectivity index (χ0v) is 6.57. The summed E-state index contributed by atoms with van der Waals surface area (Å²) in [5.74, 6) is -1.24. The lowest BCUT2D eigenvalue weighted by Crippen LogP contribution is -2.48. The summed E-state index contributed by atoms with van der Waals surface area (Å²) in [6.45, 7) is 2.69. The van der Waals surface area contributed by atoms with Gasteiger partial charge >= 0.3 is 5.97 Å². The minimum Gasteiger partial charge on any atom is -0.477 e. The molecule has 0 aromatic carbocycles. The fourth-order valence-corrected chi connectivity index (χ4v) is 0.515. The molecule has 0 aromatic rings. The lowest BCUT2D eigenvalue weighted by molar-refractivity contribution is -0.154. The third kappa shape index (κ3) is 2.75. The second kappa shape index (κ2) is 2.94. The highest BCUT2D eigenvalue weighted by atomic mass is 32.1. The molecule has 0 aliphatic carbocycles. The van der Waals surface area contributed by atoms with Crippen LogP contribution in [-0.4, -0.2) is 21.9 Å². The van der Waals surface area contributed by atoms with Gasteiger partial charge in [-0.25, -0.2) is 4.79 Å². The van der Waals surface area contributed by atoms with Crippen LogP contribution in [0.1, 0.15) is 13.8 Å². The summed E-state index contributed by atoms with van der Waals surface area (Å²) < 4.78 is 4.61. The lowest BCUT2D eigenvalue weighted by Gasteiger charge is -2.19. The molecule has 58 valence electrons. The first-order valence-electron chi connectivity index (χ1n) is 2.58. The van der Waals surface area contributed by atoms with Gasteiger partial charge < -0.3 is 9.84 Å². The maximum atomic E-state index is 10.2. The number of thiocarbonyl (C=S) groups is 1. The molecule has 1 unspecified atom stereocenters. The molecule has 0 fully saturated rings. The Hall–Kier alpha value is -0.680. The summed E-state index contributed by atoms with van der Waals surface area (Å²) in [6.07, 6.45) is 0. The fourth-order valence-electron chi connectivity index (χ4n) is 0.342. The van der Waals surface area contributed by atoms with Gasteiger partial charge in [-0.2, -0.15) is 0 Å². The maximum absolute atomic E-state index is 10.2. The molecule has 10 heavy (non-hydrogen) atoms. The first-order chi connectivity index (χ1) is 4.36. The minimum absolute atomic E-state index is 0.118. The van der Waals surface area contributed by atoms with Crippen LogP contribution in [0.15, 0.2) is 0 Å². The van der Waals surface area contributed by atoms with Crippen LogP contribution in [0.2, 0.25) is 0 Å². The van der Waals surface area contributed by atoms with Crippen LogP contribution in [0.25, 0.3) is 0 Å². The highest BCUT2D eigenvalue weighted by Gasteiger charge is 2.30. The Kier molecular flexibility index (Phi) is 2.74. The molecule has 0 saturated carbocycles. The van der Waals surface area contributed by atoms with E-state index in [-0.39, 0.29) is 5.05 Å². The number of rotatable bonds is 2. The van der Waals surface area contributed by atoms with Crippen molar-refractivity contribution in [2.75, 3.05) is 0 Å². The van der Waals surface area contributed by atoms with E-state index >= 15 is 0 Å². The molecule has 0 spiro atoms. The standard InChI is InChI=1S/C5H9NO3S/c1-3(10)9-5(2,6)4(7)8/h6H2,1-2H3,(H,7,8). The Balaban J connectivity index is 4.13. The monoisotopic (exact) mass is 163 g/mol. The smallest absolute Gasteiger partial charge is 0.363 e. The van der Waals surface area contributed by atoms with Crippen LogP contribution in [0.5, 0.6) is 0 Å². The van der Waals surface area contributed by atoms with E-state index in [0.29, 0.717) is 0 Å². The van der Waals surface area contributed by atoms with Crippen LogP contribution < -0.4 is 5.73 Å². The molecule has 0 rings (SSSR count). The second-order valence-electron chi connectivity index (χ2n) is 2.01. The van der Waals surface area contributed by atoms with E-state index in [4.69, 9.17) is 10.8 Å². The molecule has 0 radical (unpaired) electrons. The van der Waals surface area contributed by atoms with Crippen LogP contribution in [0.4, 0.5) is 0 Å². The Morgan fingerprint density at radius 2 is 2.20 bits per heavy atom. The number of carboxylic acids is 1. The molecule has 3 N–H and O–H groups in total. The molecular weight excluding hydrogens is 154 g/mol. The Labute approximate surface area is 64.0 Å². The third-order valence-electron chi connectivity index (χ3n) is 0.780. The van der Waals surface area contributed by atoms with Crippen molar-refractivity contribution in [2.24, 2.45) is 5.73 Å². The Bertz CT molecular complexity index is 166. The van der Waals surface area contributed by atoms with Crippen LogP contribution in [0, 0.1) is 0 Å². The normalized spacial score (nSPS) is 15.5. The van der Waals surface area contributed by atoms with Gasteiger partial charge in [-0.3, -0.25) is 5.73 Å². The van der Waals surface area contributed by atoms with E-state index in [9.17, 15) is 4.79 Å². The summed E-state index contributed by atoms with van der Waals surface area (Å²) in [5, 5.41) is 8.50. The number of aliphatic carboxylic acids is 1. The van der Waals surface area contributed by atoms with Crippen molar-refractivity contribution >= 4 is 23.2 Å². The van der Waals surface area contributed by atoms with Crippen molar-refractivity contribution in [3.8, 4) is 0 Å². The van der Waals surface area contributed by atoms with Gasteiger partial charge in [-0.05, 0) is 12.2 Å². The summed E-state index contributed by atoms with van der Waals surface area (Å²) in [7, 11) is 0. The van der Waals surface area contributed by atoms with Gasteiger partial charge in [0.05, 0.1) is 0 Å². The van der Waals surface area contributed by atoms with Crippen LogP contribution in [-0.2, 0) is 9.53 Å². The molecule has 0 aliphatic rings. The first-order valence-corrected chi connectivity index (χ1v) is 2.99. The molecular formula is C5H9NO3S. The van der Waals surface area contributed by atoms with E-state index in [1.807, 2.05) is 0 Å². The van der Waals surface area contributed by atoms with E-state index in [0.717, 1.165) is 0 Å². The molecule has 5 heteroatoms. The van der Waals surface area contributed by atoms with Gasteiger partial charge in [-0.1, -0.05) is 0 Å². The zero-order valence-electron chi connectivity index (χ0n) is 5.75. The lowest BCUT2D eigenvalue weighted by atomic mass is 10.3. The van der Waals surface area contributed by atoms with Gasteiger partial charge in [0, 0.05) is 13.8 Å². The second-order valence-corrected chi connectivity index (χ2v) is 2.58. The predicted molar refractivity (Wildman–Crippen MR) is 39.6 cm³/mol. The molecule has 4 nitrogen and oxygen atoms in total. The van der Waals surface area contributed by atoms with Gasteiger partial charge in [0.15, 0.2) is 5.05 Å². The SMILES string of the molecule is CC(=S)OC(C)(N)C(=O)O. The average molecular weight is 163 g/mol. The number of hydrogen-bond donors (Lipinski definition) is 2. The highest BCUT2D eigenvalue weighted by molar-refractivity contribution is 7.80. The Morgan fingerprint density at radius 3 is 2.30 bits per heavy atom. The van der Waals surface area contributed by atoms with E-state index in [2.05, 4.69) is 17.0 Å². The molecule has 1 atom stereocenters. The van der Waals surface area contributed by atoms with E-state index in [1.165, 1.54) is 13.8 Å². The first kappa shape index (κ1) is 9.32. The van der Waals surface area contributed by atoms with Crippen molar-refractivity contribution in [1.29, 1.82) is 0 Å². The molecule has 0 aromatic heterocycles. The minimum atomic E-state index is -1.70. The Morgan fingerprint density at radius 1 is 1.80 bits per heavy atom. The van der Waals surface area contributed by atoms with Gasteiger partial charge in [0.1, 0.15) is 0 Å². The molecule has 0 heterocycles. The van der Waals surface area contributed by atoms with Crippen molar-refractivity contribution in [3.05, 3.63) is 0 Å². The van der Waals surface area contributed by atoms with Crippen molar-refractivity contribution in [1.82, 2.24) is 0 Å². The highest BCUT2D eigenvalue weighted by Crippen LogP contribution is 2.02. The average Bonchev–Trinajstić information content (AvgIpc) is 1.60. The topological polar surface area (TPSA) is 72.5 Å². The van der Waals surface area contributed by atoms with Crippen molar-refractivity contribution in [2.45, 2.75) is 19.6 Å².